The van der Waals surface area contributed by atoms with E-state index in [9.17, 15) is 9.18 Å². The summed E-state index contributed by atoms with van der Waals surface area (Å²) in [5.74, 6) is -1.23. The van der Waals surface area contributed by atoms with Gasteiger partial charge in [0, 0.05) is 18.8 Å². The number of hydrogen-bond acceptors (Lipinski definition) is 4. The summed E-state index contributed by atoms with van der Waals surface area (Å²) in [6, 6.07) is 3.91. The highest BCUT2D eigenvalue weighted by molar-refractivity contribution is 5.90. The number of carbonyl (C=O) groups is 1. The molecule has 5 heteroatoms. The normalized spacial score (nSPS) is 17.7. The molecule has 1 aliphatic heterocycles. The maximum Gasteiger partial charge on any atom is 0.341 e. The SMILES string of the molecule is CN1CCC(OC(=O)c2cc(N)ccc2F)CC1. The molecule has 18 heavy (non-hydrogen) atoms. The molecule has 0 aromatic heterocycles. The largest absolute Gasteiger partial charge is 0.459 e. The fourth-order valence-corrected chi connectivity index (χ4v) is 2.02. The Labute approximate surface area is 106 Å². The lowest BCUT2D eigenvalue weighted by molar-refractivity contribution is 0.0135. The molecule has 0 saturated carbocycles. The molecule has 1 saturated heterocycles. The standard InChI is InChI=1S/C13H17FN2O2/c1-16-6-4-10(5-7-16)18-13(17)11-8-9(15)2-3-12(11)14/h2-3,8,10H,4-7,15H2,1H3. The number of nitrogens with two attached hydrogens (primary N) is 1. The van der Waals surface area contributed by atoms with Gasteiger partial charge in [-0.2, -0.15) is 0 Å². The maximum absolute atomic E-state index is 13.5. The Bertz CT molecular complexity index is 443. The van der Waals surface area contributed by atoms with Crippen LogP contribution in [0.25, 0.3) is 0 Å². The predicted molar refractivity (Wildman–Crippen MR) is 66.7 cm³/mol. The molecule has 1 aliphatic rings. The third-order valence-electron chi connectivity index (χ3n) is 3.15. The maximum atomic E-state index is 13.5. The van der Waals surface area contributed by atoms with Crippen molar-refractivity contribution in [3.05, 3.63) is 29.6 Å². The minimum Gasteiger partial charge on any atom is -0.459 e. The van der Waals surface area contributed by atoms with Gasteiger partial charge in [-0.25, -0.2) is 9.18 Å². The smallest absolute Gasteiger partial charge is 0.341 e. The number of piperidine rings is 1. The highest BCUT2D eigenvalue weighted by Crippen LogP contribution is 2.17. The molecule has 98 valence electrons. The van der Waals surface area contributed by atoms with Gasteiger partial charge in [-0.15, -0.1) is 0 Å². The first-order valence-corrected chi connectivity index (χ1v) is 6.01. The monoisotopic (exact) mass is 252 g/mol. The Balaban J connectivity index is 2.01. The summed E-state index contributed by atoms with van der Waals surface area (Å²) in [5.41, 5.74) is 5.80. The molecule has 1 heterocycles. The number of anilines is 1. The average molecular weight is 252 g/mol. The van der Waals surface area contributed by atoms with Gasteiger partial charge in [0.1, 0.15) is 11.9 Å². The molecule has 0 bridgehead atoms. The molecule has 0 amide bonds. The summed E-state index contributed by atoms with van der Waals surface area (Å²) >= 11 is 0. The number of likely N-dealkylation sites (tertiary alicyclic amines) is 1. The summed E-state index contributed by atoms with van der Waals surface area (Å²) in [6.07, 6.45) is 1.44. The van der Waals surface area contributed by atoms with Crippen LogP contribution in [0.15, 0.2) is 18.2 Å². The number of hydrogen-bond donors (Lipinski definition) is 1. The van der Waals surface area contributed by atoms with Crippen molar-refractivity contribution < 1.29 is 13.9 Å². The molecule has 0 radical (unpaired) electrons. The predicted octanol–water partition coefficient (Wildman–Crippen LogP) is 1.66. The summed E-state index contributed by atoms with van der Waals surface area (Å²) < 4.78 is 18.8. The Morgan fingerprint density at radius 2 is 2.11 bits per heavy atom. The van der Waals surface area contributed by atoms with Crippen LogP contribution in [0.1, 0.15) is 23.2 Å². The fraction of sp³-hybridized carbons (Fsp3) is 0.462. The van der Waals surface area contributed by atoms with Crippen molar-refractivity contribution in [2.24, 2.45) is 0 Å². The molecule has 1 fully saturated rings. The highest BCUT2D eigenvalue weighted by Gasteiger charge is 2.22. The molecular formula is C13H17FN2O2. The van der Waals surface area contributed by atoms with E-state index < -0.39 is 11.8 Å². The van der Waals surface area contributed by atoms with Crippen LogP contribution in [-0.2, 0) is 4.74 Å². The van der Waals surface area contributed by atoms with Crippen LogP contribution >= 0.6 is 0 Å². The molecule has 0 unspecified atom stereocenters. The number of nitrogen functional groups attached to an aromatic ring is 1. The minimum atomic E-state index is -0.630. The Morgan fingerprint density at radius 1 is 1.44 bits per heavy atom. The zero-order chi connectivity index (χ0) is 13.1. The van der Waals surface area contributed by atoms with Crippen molar-refractivity contribution >= 4 is 11.7 Å². The Kier molecular flexibility index (Phi) is 3.81. The quantitative estimate of drug-likeness (QED) is 0.642. The van der Waals surface area contributed by atoms with E-state index in [1.165, 1.54) is 18.2 Å². The number of rotatable bonds is 2. The summed E-state index contributed by atoms with van der Waals surface area (Å²) in [6.45, 7) is 1.77. The summed E-state index contributed by atoms with van der Waals surface area (Å²) in [5, 5.41) is 0. The first-order chi connectivity index (χ1) is 8.56. The van der Waals surface area contributed by atoms with E-state index in [1.54, 1.807) is 0 Å². The van der Waals surface area contributed by atoms with Gasteiger partial charge in [0.05, 0.1) is 5.56 Å². The van der Waals surface area contributed by atoms with Crippen LogP contribution in [0.3, 0.4) is 0 Å². The van der Waals surface area contributed by atoms with Gasteiger partial charge in [0.15, 0.2) is 0 Å². The minimum absolute atomic E-state index is 0.0890. The van der Waals surface area contributed by atoms with Crippen LogP contribution in [-0.4, -0.2) is 37.1 Å². The van der Waals surface area contributed by atoms with Crippen molar-refractivity contribution in [2.45, 2.75) is 18.9 Å². The van der Waals surface area contributed by atoms with Gasteiger partial charge in [0.25, 0.3) is 0 Å². The average Bonchev–Trinajstić information content (AvgIpc) is 2.35. The van der Waals surface area contributed by atoms with Crippen LogP contribution in [0.5, 0.6) is 0 Å². The lowest BCUT2D eigenvalue weighted by Gasteiger charge is -2.28. The van der Waals surface area contributed by atoms with E-state index in [0.717, 1.165) is 25.9 Å². The van der Waals surface area contributed by atoms with E-state index in [0.29, 0.717) is 5.69 Å². The molecule has 1 aromatic carbocycles. The van der Waals surface area contributed by atoms with Gasteiger partial charge >= 0.3 is 5.97 Å². The number of halogens is 1. The van der Waals surface area contributed by atoms with E-state index in [1.807, 2.05) is 7.05 Å². The van der Waals surface area contributed by atoms with Gasteiger partial charge in [0.2, 0.25) is 0 Å². The number of carbonyl (C=O) groups excluding carboxylic acids is 1. The number of esters is 1. The Hall–Kier alpha value is -1.62. The summed E-state index contributed by atoms with van der Waals surface area (Å²) in [7, 11) is 2.02. The molecule has 0 aliphatic carbocycles. The van der Waals surface area contributed by atoms with Gasteiger partial charge in [-0.3, -0.25) is 0 Å². The second-order valence-corrected chi connectivity index (χ2v) is 4.65. The first-order valence-electron chi connectivity index (χ1n) is 6.01. The molecule has 4 nitrogen and oxygen atoms in total. The summed E-state index contributed by atoms with van der Waals surface area (Å²) in [4.78, 5) is 14.0. The molecule has 0 atom stereocenters. The lowest BCUT2D eigenvalue weighted by atomic mass is 10.1. The van der Waals surface area contributed by atoms with Crippen molar-refractivity contribution in [2.75, 3.05) is 25.9 Å². The van der Waals surface area contributed by atoms with E-state index in [4.69, 9.17) is 10.5 Å². The van der Waals surface area contributed by atoms with Crippen molar-refractivity contribution in [1.82, 2.24) is 4.90 Å². The second-order valence-electron chi connectivity index (χ2n) is 4.65. The van der Waals surface area contributed by atoms with Crippen LogP contribution in [0.4, 0.5) is 10.1 Å². The molecule has 1 aromatic rings. The molecule has 2 rings (SSSR count). The van der Waals surface area contributed by atoms with Crippen molar-refractivity contribution in [3.63, 3.8) is 0 Å². The Morgan fingerprint density at radius 3 is 2.78 bits per heavy atom. The zero-order valence-corrected chi connectivity index (χ0v) is 10.4. The first kappa shape index (κ1) is 12.8. The second kappa shape index (κ2) is 5.35. The number of benzene rings is 1. The zero-order valence-electron chi connectivity index (χ0n) is 10.4. The third kappa shape index (κ3) is 2.98. The van der Waals surface area contributed by atoms with E-state index in [2.05, 4.69) is 4.90 Å². The van der Waals surface area contributed by atoms with Gasteiger partial charge < -0.3 is 15.4 Å². The van der Waals surface area contributed by atoms with Gasteiger partial charge in [-0.05, 0) is 38.1 Å². The van der Waals surface area contributed by atoms with Gasteiger partial charge in [-0.1, -0.05) is 0 Å². The topological polar surface area (TPSA) is 55.6 Å². The molecule has 2 N–H and O–H groups in total. The highest BCUT2D eigenvalue weighted by atomic mass is 19.1. The van der Waals surface area contributed by atoms with Crippen LogP contribution in [0.2, 0.25) is 0 Å². The third-order valence-corrected chi connectivity index (χ3v) is 3.15. The van der Waals surface area contributed by atoms with Crippen LogP contribution < -0.4 is 5.73 Å². The van der Waals surface area contributed by atoms with E-state index in [-0.39, 0.29) is 11.7 Å². The van der Waals surface area contributed by atoms with Crippen LogP contribution in [0, 0.1) is 5.82 Å². The van der Waals surface area contributed by atoms with E-state index >= 15 is 0 Å². The number of nitrogens with zero attached hydrogens (tertiary/aromatic N) is 1. The van der Waals surface area contributed by atoms with Crippen molar-refractivity contribution in [3.8, 4) is 0 Å². The number of ether oxygens (including phenoxy) is 1. The fourth-order valence-electron chi connectivity index (χ4n) is 2.02. The molecular weight excluding hydrogens is 235 g/mol. The molecule has 0 spiro atoms. The lowest BCUT2D eigenvalue weighted by Crippen LogP contribution is -2.35. The van der Waals surface area contributed by atoms with Crippen molar-refractivity contribution in [1.29, 1.82) is 0 Å².